The number of benzene rings is 8. The predicted molar refractivity (Wildman–Crippen MR) is 292 cm³/mol. The topological polar surface area (TPSA) is 21.3 Å². The molecule has 4 heterocycles. The highest BCUT2D eigenvalue weighted by Gasteiger charge is 2.45. The van der Waals surface area contributed by atoms with Gasteiger partial charge >= 0.3 is 6.85 Å². The van der Waals surface area contributed by atoms with Crippen LogP contribution in [0.1, 0.15) is 86.1 Å². The third-order valence-electron chi connectivity index (χ3n) is 15.5. The lowest BCUT2D eigenvalue weighted by atomic mass is 9.45. The zero-order chi connectivity index (χ0) is 47.3. The Morgan fingerprint density at radius 3 is 1.57 bits per heavy atom. The molecule has 2 aliphatic rings. The molecule has 4 heteroatoms. The highest BCUT2D eigenvalue weighted by molar-refractivity contribution is 6.90. The summed E-state index contributed by atoms with van der Waals surface area (Å²) in [5.74, 6) is 0. The number of hydrogen-bond acceptors (Lipinski definition) is 2. The van der Waals surface area contributed by atoms with Gasteiger partial charge in [0.25, 0.3) is 0 Å². The molecular formula is C64H59BN2O. The van der Waals surface area contributed by atoms with E-state index >= 15 is 0 Å². The Labute approximate surface area is 402 Å². The molecule has 0 spiro atoms. The highest BCUT2D eigenvalue weighted by atomic mass is 16.3. The van der Waals surface area contributed by atoms with Crippen molar-refractivity contribution in [2.75, 3.05) is 4.90 Å². The van der Waals surface area contributed by atoms with Crippen molar-refractivity contribution in [3.63, 3.8) is 0 Å². The monoisotopic (exact) mass is 882 g/mol. The summed E-state index contributed by atoms with van der Waals surface area (Å²) >= 11 is 0. The minimum atomic E-state index is -0.134. The zero-order valence-corrected chi connectivity index (χ0v) is 41.7. The first-order valence-electron chi connectivity index (χ1n) is 24.4. The van der Waals surface area contributed by atoms with Gasteiger partial charge in [-0.15, -0.1) is 0 Å². The first-order chi connectivity index (χ1) is 32.5. The Morgan fingerprint density at radius 2 is 1.00 bits per heavy atom. The SMILES string of the molecule is Cc1cccc(C)c1-c1ccc2c(c1)N(c1cc(C(C)(C)C)cc(C(C)(C)C)c1)c1cc3ccoc3c3c1B2n1c2ccc(-c4c(C)cccc4C)cc2c2cc(-c4c(C)cccc4C)cc-3c21. The van der Waals surface area contributed by atoms with Crippen LogP contribution in [0, 0.1) is 41.5 Å². The van der Waals surface area contributed by atoms with Crippen molar-refractivity contribution in [1.82, 2.24) is 4.48 Å². The van der Waals surface area contributed by atoms with Gasteiger partial charge in [-0.25, -0.2) is 0 Å². The Kier molecular flexibility index (Phi) is 9.17. The zero-order valence-electron chi connectivity index (χ0n) is 41.7. The van der Waals surface area contributed by atoms with E-state index in [1.54, 1.807) is 0 Å². The van der Waals surface area contributed by atoms with Crippen molar-refractivity contribution in [2.45, 2.75) is 93.9 Å². The summed E-state index contributed by atoms with van der Waals surface area (Å²) < 4.78 is 9.44. The van der Waals surface area contributed by atoms with Crippen molar-refractivity contribution >= 4 is 67.6 Å². The van der Waals surface area contributed by atoms with E-state index in [1.807, 2.05) is 6.26 Å². The Bertz CT molecular complexity index is 3700. The first kappa shape index (κ1) is 42.3. The molecule has 0 aliphatic carbocycles. The standard InChI is InChI=1S/C64H59BN2O/c1-36-16-13-17-37(2)56(36)42-23-25-53-49(28-42)50-29-45(58-40(5)20-15-21-41(58)6)30-51-59-60-55(32-44-26-27-68-62(44)59)66(48-34-46(63(7,8)9)33-47(35-48)64(10,11)12)54-31-43(57-38(3)18-14-19-39(57)4)22-24-52(54)65(60)67(53)61(50)51/h13-35H,1-12H3. The van der Waals surface area contributed by atoms with Crippen LogP contribution < -0.4 is 15.8 Å². The van der Waals surface area contributed by atoms with E-state index in [4.69, 9.17) is 4.42 Å². The molecule has 0 amide bonds. The van der Waals surface area contributed by atoms with Crippen LogP contribution in [0.5, 0.6) is 0 Å². The molecule has 0 saturated carbocycles. The van der Waals surface area contributed by atoms with Crippen LogP contribution in [0.4, 0.5) is 17.1 Å². The summed E-state index contributed by atoms with van der Waals surface area (Å²) in [7, 11) is 0. The van der Waals surface area contributed by atoms with Crippen molar-refractivity contribution in [3.05, 3.63) is 184 Å². The van der Waals surface area contributed by atoms with Crippen LogP contribution in [0.15, 0.2) is 144 Å². The second-order valence-corrected chi connectivity index (χ2v) is 22.1. The number of fused-ring (bicyclic) bond motifs is 9. The summed E-state index contributed by atoms with van der Waals surface area (Å²) in [6.45, 7) is 27.4. The molecule has 0 radical (unpaired) electrons. The Morgan fingerprint density at radius 1 is 0.471 bits per heavy atom. The minimum absolute atomic E-state index is 0.0698. The van der Waals surface area contributed by atoms with E-state index in [9.17, 15) is 0 Å². The van der Waals surface area contributed by atoms with Crippen molar-refractivity contribution < 1.29 is 4.42 Å². The van der Waals surface area contributed by atoms with Gasteiger partial charge in [-0.3, -0.25) is 0 Å². The maximum Gasteiger partial charge on any atom is 0.333 e. The predicted octanol–water partition coefficient (Wildman–Crippen LogP) is 16.4. The lowest BCUT2D eigenvalue weighted by molar-refractivity contribution is 0.569. The smallest absolute Gasteiger partial charge is 0.333 e. The molecule has 68 heavy (non-hydrogen) atoms. The molecule has 334 valence electrons. The Balaban J connectivity index is 1.26. The molecule has 3 nitrogen and oxygen atoms in total. The lowest BCUT2D eigenvalue weighted by Crippen LogP contribution is -2.56. The molecule has 0 unspecified atom stereocenters. The van der Waals surface area contributed by atoms with Crippen LogP contribution in [0.25, 0.3) is 77.3 Å². The second kappa shape index (κ2) is 14.7. The van der Waals surface area contributed by atoms with E-state index in [0.29, 0.717) is 0 Å². The maximum absolute atomic E-state index is 6.74. The quantitative estimate of drug-likeness (QED) is 0.164. The summed E-state index contributed by atoms with van der Waals surface area (Å²) in [6, 6.07) is 51.5. The largest absolute Gasteiger partial charge is 0.464 e. The average Bonchev–Trinajstić information content (AvgIpc) is 3.89. The maximum atomic E-state index is 6.74. The summed E-state index contributed by atoms with van der Waals surface area (Å²) in [5.41, 5.74) is 29.8. The fraction of sp³-hybridized carbons (Fsp3) is 0.219. The number of rotatable bonds is 4. The second-order valence-electron chi connectivity index (χ2n) is 22.1. The molecule has 0 fully saturated rings. The fourth-order valence-electron chi connectivity index (χ4n) is 12.2. The number of anilines is 3. The normalized spacial score (nSPS) is 13.2. The van der Waals surface area contributed by atoms with Gasteiger partial charge in [-0.2, -0.15) is 0 Å². The van der Waals surface area contributed by atoms with Gasteiger partial charge in [-0.05, 0) is 196 Å². The van der Waals surface area contributed by atoms with Gasteiger partial charge in [0, 0.05) is 55.4 Å². The Hall–Kier alpha value is -7.04. The molecular weight excluding hydrogens is 824 g/mol. The number of furan rings is 1. The number of nitrogens with zero attached hydrogens (tertiary/aromatic N) is 2. The third kappa shape index (κ3) is 6.19. The van der Waals surface area contributed by atoms with Gasteiger partial charge < -0.3 is 13.8 Å². The fourth-order valence-corrected chi connectivity index (χ4v) is 12.2. The van der Waals surface area contributed by atoms with E-state index < -0.39 is 0 Å². The molecule has 10 aromatic rings. The lowest BCUT2D eigenvalue weighted by Gasteiger charge is -2.41. The van der Waals surface area contributed by atoms with E-state index in [2.05, 4.69) is 226 Å². The van der Waals surface area contributed by atoms with Crippen LogP contribution in [0.2, 0.25) is 0 Å². The van der Waals surface area contributed by atoms with Crippen LogP contribution in [0.3, 0.4) is 0 Å². The molecule has 0 saturated heterocycles. The summed E-state index contributed by atoms with van der Waals surface area (Å²) in [5, 5.41) is 3.64. The molecule has 0 atom stereocenters. The van der Waals surface area contributed by atoms with E-state index in [-0.39, 0.29) is 17.7 Å². The molecule has 0 N–H and O–H groups in total. The molecule has 0 bridgehead atoms. The van der Waals surface area contributed by atoms with Crippen LogP contribution >= 0.6 is 0 Å². The number of aromatic nitrogens is 1. The molecule has 12 rings (SSSR count). The average molecular weight is 883 g/mol. The van der Waals surface area contributed by atoms with E-state index in [0.717, 1.165) is 11.0 Å². The first-order valence-corrected chi connectivity index (χ1v) is 24.4. The molecule has 8 aromatic carbocycles. The van der Waals surface area contributed by atoms with Gasteiger partial charge in [0.15, 0.2) is 0 Å². The summed E-state index contributed by atoms with van der Waals surface area (Å²) in [6.07, 6.45) is 1.89. The van der Waals surface area contributed by atoms with Crippen molar-refractivity contribution in [3.8, 4) is 44.5 Å². The van der Waals surface area contributed by atoms with Crippen LogP contribution in [-0.4, -0.2) is 11.3 Å². The number of aryl methyl sites for hydroxylation is 6. The third-order valence-corrected chi connectivity index (χ3v) is 15.5. The number of hydrogen-bond donors (Lipinski definition) is 0. The summed E-state index contributed by atoms with van der Waals surface area (Å²) in [4.78, 5) is 2.61. The van der Waals surface area contributed by atoms with Gasteiger partial charge in [0.2, 0.25) is 0 Å². The minimum Gasteiger partial charge on any atom is -0.464 e. The molecule has 2 aliphatic heterocycles. The van der Waals surface area contributed by atoms with Crippen molar-refractivity contribution in [2.24, 2.45) is 0 Å². The van der Waals surface area contributed by atoms with Gasteiger partial charge in [0.05, 0.1) is 6.26 Å². The van der Waals surface area contributed by atoms with Gasteiger partial charge in [-0.1, -0.05) is 120 Å². The highest BCUT2D eigenvalue weighted by Crippen LogP contribution is 2.51. The van der Waals surface area contributed by atoms with Crippen LogP contribution in [-0.2, 0) is 10.8 Å². The molecule has 2 aromatic heterocycles. The van der Waals surface area contributed by atoms with Gasteiger partial charge in [0.1, 0.15) is 5.58 Å². The van der Waals surface area contributed by atoms with E-state index in [1.165, 1.54) is 139 Å². The van der Waals surface area contributed by atoms with Crippen molar-refractivity contribution in [1.29, 1.82) is 0 Å².